The van der Waals surface area contributed by atoms with Crippen molar-refractivity contribution >= 4 is 26.9 Å². The number of para-hydroxylation sites is 6. The average molecular weight is 833 g/mol. The minimum absolute atomic E-state index is 0.392. The Morgan fingerprint density at radius 1 is 0.367 bits per heavy atom. The maximum Gasteiger partial charge on any atom is 0.619 e. The van der Waals surface area contributed by atoms with Crippen molar-refractivity contribution in [2.24, 2.45) is 7.05 Å². The van der Waals surface area contributed by atoms with Gasteiger partial charge in [-0.1, -0.05) is 109 Å². The third-order valence-corrected chi connectivity index (χ3v) is 16.6. The molecule has 0 unspecified atom stereocenters. The molecule has 0 spiro atoms. The van der Waals surface area contributed by atoms with Crippen molar-refractivity contribution in [3.63, 3.8) is 0 Å². The van der Waals surface area contributed by atoms with Crippen LogP contribution in [0.4, 0.5) is 0 Å². The molecule has 8 nitrogen and oxygen atoms in total. The lowest BCUT2D eigenvalue weighted by Gasteiger charge is -2.49. The van der Waals surface area contributed by atoms with E-state index in [0.717, 1.165) is 11.0 Å². The van der Waals surface area contributed by atoms with Crippen LogP contribution in [-0.2, 0) is 12.3 Å². The molecule has 60 heavy (non-hydrogen) atoms. The average Bonchev–Trinajstić information content (AvgIpc) is 3.27. The van der Waals surface area contributed by atoms with Crippen molar-refractivity contribution in [1.82, 2.24) is 0 Å². The lowest BCUT2D eigenvalue weighted by molar-refractivity contribution is -0.738. The number of aryl methyl sites for hydroxylation is 1. The first-order chi connectivity index (χ1) is 29.4. The monoisotopic (exact) mass is 832 g/mol. The van der Waals surface area contributed by atoms with Crippen LogP contribution in [0.2, 0.25) is 0 Å². The van der Waals surface area contributed by atoms with Gasteiger partial charge in [-0.2, -0.15) is 4.57 Å². The molecule has 1 fully saturated rings. The Balaban J connectivity index is 1.32. The molecule has 0 atom stereocenters. The molecule has 298 valence electrons. The van der Waals surface area contributed by atoms with Crippen molar-refractivity contribution in [3.05, 3.63) is 219 Å². The van der Waals surface area contributed by atoms with Gasteiger partial charge >= 0.3 is 21.2 Å². The van der Waals surface area contributed by atoms with Crippen molar-refractivity contribution in [2.75, 3.05) is 0 Å². The van der Waals surface area contributed by atoms with E-state index in [-0.39, 0.29) is 0 Å². The highest BCUT2D eigenvalue weighted by molar-refractivity contribution is 7.66. The Hall–Kier alpha value is -6.46. The first-order valence-electron chi connectivity index (χ1n) is 19.9. The number of nitrogens with zero attached hydrogens (tertiary/aromatic N) is 2. The lowest BCUT2D eigenvalue weighted by Crippen LogP contribution is -2.72. The predicted octanol–water partition coefficient (Wildman–Crippen LogP) is 12.2. The molecular weight excluding hydrogens is 787 g/mol. The Morgan fingerprint density at radius 3 is 1.02 bits per heavy atom. The van der Waals surface area contributed by atoms with Gasteiger partial charge in [0.25, 0.3) is 11.0 Å². The first-order valence-corrected chi connectivity index (χ1v) is 23.0. The third-order valence-electron chi connectivity index (χ3n) is 10.7. The molecule has 2 aromatic heterocycles. The molecule has 1 aliphatic rings. The van der Waals surface area contributed by atoms with Gasteiger partial charge in [0.2, 0.25) is 5.16 Å². The van der Waals surface area contributed by atoms with E-state index in [1.807, 2.05) is 182 Å². The highest BCUT2D eigenvalue weighted by atomic mass is 31.2. The molecule has 0 N–H and O–H groups in total. The number of fused-ring (bicyclic) bond motifs is 1. The van der Waals surface area contributed by atoms with Gasteiger partial charge in [0.1, 0.15) is 19.9 Å². The van der Waals surface area contributed by atoms with Crippen molar-refractivity contribution in [3.8, 4) is 34.5 Å². The molecule has 0 bridgehead atoms. The molecule has 0 radical (unpaired) electrons. The summed E-state index contributed by atoms with van der Waals surface area (Å²) < 4.78 is 48.5. The van der Waals surface area contributed by atoms with Gasteiger partial charge in [-0.25, -0.2) is 0 Å². The Bertz CT molecular complexity index is 2440. The SMILES string of the molecule is C[n+]1cccc2c1ccc[n+]2C1([P+](Oc2ccccc2)(Oc2ccccc2)Oc2ccccc2)CC(C)([P+](Oc2ccccc2)(Oc2ccccc2)Oc2ccccc2)C1. The van der Waals surface area contributed by atoms with Gasteiger partial charge in [-0.15, -0.1) is 4.57 Å². The number of hydrogen-bond donors (Lipinski definition) is 0. The van der Waals surface area contributed by atoms with Crippen LogP contribution >= 0.6 is 15.9 Å². The first kappa shape index (κ1) is 39.0. The number of benzene rings is 6. The van der Waals surface area contributed by atoms with Gasteiger partial charge in [0, 0.05) is 24.3 Å². The minimum atomic E-state index is -3.73. The zero-order valence-corrected chi connectivity index (χ0v) is 35.2. The molecule has 0 saturated heterocycles. The summed E-state index contributed by atoms with van der Waals surface area (Å²) in [6.07, 6.45) is 4.95. The highest BCUT2D eigenvalue weighted by Crippen LogP contribution is 2.86. The van der Waals surface area contributed by atoms with Crippen LogP contribution in [-0.4, -0.2) is 5.16 Å². The van der Waals surface area contributed by atoms with Crippen LogP contribution < -0.4 is 36.3 Å². The van der Waals surface area contributed by atoms with Crippen LogP contribution in [0.25, 0.3) is 11.0 Å². The molecule has 10 heteroatoms. The summed E-state index contributed by atoms with van der Waals surface area (Å²) in [7, 11) is -5.21. The maximum atomic E-state index is 7.44. The Morgan fingerprint density at radius 2 is 0.667 bits per heavy atom. The van der Waals surface area contributed by atoms with Crippen LogP contribution in [0.3, 0.4) is 0 Å². The van der Waals surface area contributed by atoms with Crippen LogP contribution in [0, 0.1) is 0 Å². The van der Waals surface area contributed by atoms with Crippen molar-refractivity contribution in [1.29, 1.82) is 0 Å². The molecule has 0 amide bonds. The van der Waals surface area contributed by atoms with Gasteiger partial charge in [0.15, 0.2) is 46.9 Å². The van der Waals surface area contributed by atoms with Gasteiger partial charge in [0.05, 0.1) is 0 Å². The van der Waals surface area contributed by atoms with Gasteiger partial charge in [-0.3, -0.25) is 27.1 Å². The normalized spacial score (nSPS) is 17.5. The molecule has 6 aromatic carbocycles. The van der Waals surface area contributed by atoms with Crippen LogP contribution in [0.15, 0.2) is 219 Å². The summed E-state index contributed by atoms with van der Waals surface area (Å²) in [4.78, 5) is 0. The Kier molecular flexibility index (Phi) is 10.8. The number of rotatable bonds is 15. The number of hydrogen-bond acceptors (Lipinski definition) is 6. The fourth-order valence-corrected chi connectivity index (χ4v) is 14.4. The highest BCUT2D eigenvalue weighted by Gasteiger charge is 2.93. The summed E-state index contributed by atoms with van der Waals surface area (Å²) >= 11 is 0. The largest absolute Gasteiger partial charge is 0.619 e. The third kappa shape index (κ3) is 7.61. The standard InChI is InChI=1S/C50H46N2O6P2/c1-49(59(53-41-23-9-3-10-24-41,54-42-25-11-4-12-26-42)55-43-27-13-5-14-28-43)39-50(40-49,52-38-22-35-47-48(52)36-21-37-51(47)2)60(56-44-29-15-6-16-30-44,57-45-31-17-7-18-32-45)58-46-33-19-8-20-34-46/h3-38H,39-40H2,1-2H3/q+4. The van der Waals surface area contributed by atoms with Crippen LogP contribution in [0.5, 0.6) is 34.5 Å². The van der Waals surface area contributed by atoms with E-state index in [9.17, 15) is 0 Å². The second-order valence-corrected chi connectivity index (χ2v) is 20.0. The quantitative estimate of drug-likeness (QED) is 0.0757. The molecule has 1 saturated carbocycles. The van der Waals surface area contributed by atoms with E-state index in [1.54, 1.807) is 0 Å². The number of aromatic nitrogens is 2. The van der Waals surface area contributed by atoms with E-state index in [2.05, 4.69) is 59.8 Å². The molecular formula is C50H46N2O6P2+4. The van der Waals surface area contributed by atoms with E-state index in [0.29, 0.717) is 47.3 Å². The van der Waals surface area contributed by atoms with E-state index < -0.39 is 26.3 Å². The van der Waals surface area contributed by atoms with Gasteiger partial charge < -0.3 is 0 Å². The Labute approximate surface area is 352 Å². The van der Waals surface area contributed by atoms with Crippen molar-refractivity contribution in [2.45, 2.75) is 30.2 Å². The van der Waals surface area contributed by atoms with E-state index in [1.165, 1.54) is 0 Å². The molecule has 9 rings (SSSR count). The summed E-state index contributed by atoms with van der Waals surface area (Å²) in [6, 6.07) is 67.1. The molecule has 8 aromatic rings. The van der Waals surface area contributed by atoms with Crippen molar-refractivity contribution < 1.29 is 36.3 Å². The fraction of sp³-hybridized carbons (Fsp3) is 0.120. The second kappa shape index (κ2) is 16.7. The molecule has 2 heterocycles. The maximum absolute atomic E-state index is 7.44. The van der Waals surface area contributed by atoms with Crippen LogP contribution in [0.1, 0.15) is 19.8 Å². The zero-order valence-electron chi connectivity index (χ0n) is 33.4. The van der Waals surface area contributed by atoms with Gasteiger partial charge in [-0.05, 0) is 79.7 Å². The second-order valence-electron chi connectivity index (χ2n) is 15.0. The summed E-state index contributed by atoms with van der Waals surface area (Å²) in [6.45, 7) is 2.20. The summed E-state index contributed by atoms with van der Waals surface area (Å²) in [5.74, 6) is 3.72. The van der Waals surface area contributed by atoms with E-state index in [4.69, 9.17) is 27.1 Å². The molecule has 1 aliphatic carbocycles. The summed E-state index contributed by atoms with van der Waals surface area (Å²) in [5, 5.41) is -1.84. The topological polar surface area (TPSA) is 63.1 Å². The molecule has 0 aliphatic heterocycles. The minimum Gasteiger partial charge on any atom is -0.271 e. The number of pyridine rings is 2. The zero-order chi connectivity index (χ0) is 40.9. The fourth-order valence-electron chi connectivity index (χ4n) is 7.96. The predicted molar refractivity (Wildman–Crippen MR) is 237 cm³/mol. The van der Waals surface area contributed by atoms with E-state index >= 15 is 0 Å². The lowest BCUT2D eigenvalue weighted by atomic mass is 9.79. The smallest absolute Gasteiger partial charge is 0.271 e. The summed E-state index contributed by atoms with van der Waals surface area (Å²) in [5.41, 5.74) is 1.99.